The van der Waals surface area contributed by atoms with E-state index < -0.39 is 0 Å². The second kappa shape index (κ2) is 6.35. The van der Waals surface area contributed by atoms with Gasteiger partial charge in [0.25, 0.3) is 0 Å². The normalized spacial score (nSPS) is 18.9. The third kappa shape index (κ3) is 5.24. The first-order valence-electron chi connectivity index (χ1n) is 5.33. The third-order valence-corrected chi connectivity index (χ3v) is 2.58. The van der Waals surface area contributed by atoms with Gasteiger partial charge in [-0.15, -0.1) is 0 Å². The summed E-state index contributed by atoms with van der Waals surface area (Å²) in [5, 5.41) is 3.40. The van der Waals surface area contributed by atoms with Crippen molar-refractivity contribution in [1.29, 1.82) is 0 Å². The van der Waals surface area contributed by atoms with Crippen LogP contribution in [0.25, 0.3) is 0 Å². The molecule has 1 rings (SSSR count). The van der Waals surface area contributed by atoms with E-state index in [1.165, 1.54) is 12.8 Å². The molecule has 1 saturated carbocycles. The second-order valence-electron chi connectivity index (χ2n) is 3.92. The van der Waals surface area contributed by atoms with E-state index in [9.17, 15) is 0 Å². The minimum Gasteiger partial charge on any atom is -0.379 e. The molecule has 0 radical (unpaired) electrons. The van der Waals surface area contributed by atoms with Crippen LogP contribution in [0, 0.1) is 11.8 Å². The van der Waals surface area contributed by atoms with Gasteiger partial charge in [0.1, 0.15) is 0 Å². The fourth-order valence-corrected chi connectivity index (χ4v) is 1.49. The zero-order valence-electron chi connectivity index (χ0n) is 8.59. The Hall–Kier alpha value is -0.120. The van der Waals surface area contributed by atoms with Crippen molar-refractivity contribution in [3.05, 3.63) is 0 Å². The standard InChI is InChI=1S/C10H22N2O/c1-9(10-2-3-10)8-12-5-7-13-6-4-11/h9-10,12H,2-8,11H2,1H3. The van der Waals surface area contributed by atoms with Gasteiger partial charge >= 0.3 is 0 Å². The zero-order chi connectivity index (χ0) is 9.52. The minimum absolute atomic E-state index is 0.623. The molecule has 0 spiro atoms. The lowest BCUT2D eigenvalue weighted by Crippen LogP contribution is -2.26. The van der Waals surface area contributed by atoms with Crippen LogP contribution in [0.4, 0.5) is 0 Å². The van der Waals surface area contributed by atoms with E-state index in [0.717, 1.165) is 31.5 Å². The molecule has 78 valence electrons. The fraction of sp³-hybridized carbons (Fsp3) is 1.00. The maximum Gasteiger partial charge on any atom is 0.0591 e. The molecule has 3 heteroatoms. The Morgan fingerprint density at radius 1 is 1.46 bits per heavy atom. The molecule has 0 bridgehead atoms. The SMILES string of the molecule is CC(CNCCOCCN)C1CC1. The molecule has 1 aliphatic rings. The van der Waals surface area contributed by atoms with Crippen LogP contribution >= 0.6 is 0 Å². The number of nitrogens with two attached hydrogens (primary N) is 1. The number of nitrogens with one attached hydrogen (secondary N) is 1. The molecular weight excluding hydrogens is 164 g/mol. The molecule has 1 atom stereocenters. The molecule has 1 fully saturated rings. The number of hydrogen-bond acceptors (Lipinski definition) is 3. The van der Waals surface area contributed by atoms with Crippen LogP contribution in [-0.4, -0.2) is 32.8 Å². The zero-order valence-corrected chi connectivity index (χ0v) is 8.59. The average molecular weight is 186 g/mol. The first-order chi connectivity index (χ1) is 6.34. The summed E-state index contributed by atoms with van der Waals surface area (Å²) in [4.78, 5) is 0. The molecule has 13 heavy (non-hydrogen) atoms. The van der Waals surface area contributed by atoms with E-state index >= 15 is 0 Å². The molecule has 3 nitrogen and oxygen atoms in total. The molecule has 0 aromatic heterocycles. The summed E-state index contributed by atoms with van der Waals surface area (Å²) >= 11 is 0. The van der Waals surface area contributed by atoms with Gasteiger partial charge in [-0.3, -0.25) is 0 Å². The van der Waals surface area contributed by atoms with Gasteiger partial charge in [-0.05, 0) is 31.2 Å². The Balaban J connectivity index is 1.77. The average Bonchev–Trinajstić information content (AvgIpc) is 2.93. The third-order valence-electron chi connectivity index (χ3n) is 2.58. The van der Waals surface area contributed by atoms with Gasteiger partial charge in [-0.25, -0.2) is 0 Å². The van der Waals surface area contributed by atoms with Crippen molar-refractivity contribution in [1.82, 2.24) is 5.32 Å². The van der Waals surface area contributed by atoms with Crippen molar-refractivity contribution < 1.29 is 4.74 Å². The Labute approximate surface area is 81.0 Å². The second-order valence-corrected chi connectivity index (χ2v) is 3.92. The van der Waals surface area contributed by atoms with Gasteiger partial charge in [0, 0.05) is 13.1 Å². The number of rotatable bonds is 8. The smallest absolute Gasteiger partial charge is 0.0591 e. The van der Waals surface area contributed by atoms with Crippen molar-refractivity contribution in [2.75, 3.05) is 32.8 Å². The highest BCUT2D eigenvalue weighted by Crippen LogP contribution is 2.35. The lowest BCUT2D eigenvalue weighted by Gasteiger charge is -2.11. The van der Waals surface area contributed by atoms with Crippen LogP contribution in [0.1, 0.15) is 19.8 Å². The van der Waals surface area contributed by atoms with Crippen LogP contribution in [0.15, 0.2) is 0 Å². The van der Waals surface area contributed by atoms with E-state index in [0.29, 0.717) is 13.2 Å². The van der Waals surface area contributed by atoms with Gasteiger partial charge in [-0.1, -0.05) is 6.92 Å². The van der Waals surface area contributed by atoms with Crippen LogP contribution in [-0.2, 0) is 4.74 Å². The van der Waals surface area contributed by atoms with Crippen molar-refractivity contribution in [2.45, 2.75) is 19.8 Å². The van der Waals surface area contributed by atoms with Gasteiger partial charge in [0.05, 0.1) is 13.2 Å². The van der Waals surface area contributed by atoms with Crippen LogP contribution in [0.2, 0.25) is 0 Å². The van der Waals surface area contributed by atoms with Gasteiger partial charge < -0.3 is 15.8 Å². The first-order valence-corrected chi connectivity index (χ1v) is 5.33. The largest absolute Gasteiger partial charge is 0.379 e. The summed E-state index contributed by atoms with van der Waals surface area (Å²) in [6, 6.07) is 0. The quantitative estimate of drug-likeness (QED) is 0.546. The van der Waals surface area contributed by atoms with Gasteiger partial charge in [0.15, 0.2) is 0 Å². The molecule has 0 aromatic rings. The van der Waals surface area contributed by atoms with Crippen LogP contribution in [0.3, 0.4) is 0 Å². The van der Waals surface area contributed by atoms with Crippen molar-refractivity contribution >= 4 is 0 Å². The van der Waals surface area contributed by atoms with Crippen LogP contribution in [0.5, 0.6) is 0 Å². The monoisotopic (exact) mass is 186 g/mol. The van der Waals surface area contributed by atoms with Crippen molar-refractivity contribution in [2.24, 2.45) is 17.6 Å². The Morgan fingerprint density at radius 3 is 2.85 bits per heavy atom. The van der Waals surface area contributed by atoms with E-state index in [1.54, 1.807) is 0 Å². The molecule has 0 heterocycles. The van der Waals surface area contributed by atoms with Crippen molar-refractivity contribution in [3.8, 4) is 0 Å². The molecule has 0 aromatic carbocycles. The number of hydrogen-bond donors (Lipinski definition) is 2. The van der Waals surface area contributed by atoms with E-state index in [4.69, 9.17) is 10.5 Å². The van der Waals surface area contributed by atoms with Gasteiger partial charge in [-0.2, -0.15) is 0 Å². The molecular formula is C10H22N2O. The maximum atomic E-state index is 5.29. The molecule has 1 aliphatic carbocycles. The summed E-state index contributed by atoms with van der Waals surface area (Å²) < 4.78 is 5.25. The molecule has 3 N–H and O–H groups in total. The highest BCUT2D eigenvalue weighted by Gasteiger charge is 2.27. The summed E-state index contributed by atoms with van der Waals surface area (Å²) in [7, 11) is 0. The van der Waals surface area contributed by atoms with Gasteiger partial charge in [0.2, 0.25) is 0 Å². The lowest BCUT2D eigenvalue weighted by atomic mass is 10.1. The first kappa shape index (κ1) is 11.0. The maximum absolute atomic E-state index is 5.29. The summed E-state index contributed by atoms with van der Waals surface area (Å²) in [5.74, 6) is 1.84. The van der Waals surface area contributed by atoms with E-state index in [2.05, 4.69) is 12.2 Å². The van der Waals surface area contributed by atoms with E-state index in [1.807, 2.05) is 0 Å². The highest BCUT2D eigenvalue weighted by atomic mass is 16.5. The summed E-state index contributed by atoms with van der Waals surface area (Å²) in [5.41, 5.74) is 5.29. The summed E-state index contributed by atoms with van der Waals surface area (Å²) in [6.07, 6.45) is 2.87. The summed E-state index contributed by atoms with van der Waals surface area (Å²) in [6.45, 7) is 6.51. The van der Waals surface area contributed by atoms with Crippen LogP contribution < -0.4 is 11.1 Å². The Kier molecular flexibility index (Phi) is 5.35. The molecule has 0 saturated heterocycles. The number of ether oxygens (including phenoxy) is 1. The highest BCUT2D eigenvalue weighted by molar-refractivity contribution is 4.79. The van der Waals surface area contributed by atoms with Crippen molar-refractivity contribution in [3.63, 3.8) is 0 Å². The predicted molar refractivity (Wildman–Crippen MR) is 54.6 cm³/mol. The lowest BCUT2D eigenvalue weighted by molar-refractivity contribution is 0.142. The topological polar surface area (TPSA) is 47.3 Å². The van der Waals surface area contributed by atoms with E-state index in [-0.39, 0.29) is 0 Å². The molecule has 1 unspecified atom stereocenters. The predicted octanol–water partition coefficient (Wildman–Crippen LogP) is 0.597. The Bertz CT molecular complexity index is 126. The minimum atomic E-state index is 0.623. The fourth-order valence-electron chi connectivity index (χ4n) is 1.49. The Morgan fingerprint density at radius 2 is 2.23 bits per heavy atom. The molecule has 0 amide bonds. The molecule has 0 aliphatic heterocycles.